The molecule has 3 heterocycles. The van der Waals surface area contributed by atoms with Crippen molar-refractivity contribution < 1.29 is 13.6 Å². The average Bonchev–Trinajstić information content (AvgIpc) is 3.07. The van der Waals surface area contributed by atoms with Crippen LogP contribution in [0.2, 0.25) is 0 Å². The number of hydrogen-bond donors (Lipinski definition) is 1. The number of carbonyl (C=O) groups is 1. The van der Waals surface area contributed by atoms with E-state index in [1.165, 1.54) is 23.5 Å². The van der Waals surface area contributed by atoms with Crippen molar-refractivity contribution in [2.75, 3.05) is 18.4 Å². The highest BCUT2D eigenvalue weighted by Gasteiger charge is 2.25. The van der Waals surface area contributed by atoms with Crippen LogP contribution in [0.5, 0.6) is 0 Å². The Bertz CT molecular complexity index is 936. The van der Waals surface area contributed by atoms with Gasteiger partial charge in [0.05, 0.1) is 10.2 Å². The van der Waals surface area contributed by atoms with E-state index in [1.807, 2.05) is 25.3 Å². The maximum atomic E-state index is 13.3. The fourth-order valence-corrected chi connectivity index (χ4v) is 3.46. The second-order valence-corrected chi connectivity index (χ2v) is 6.72. The molecule has 0 saturated carbocycles. The lowest BCUT2D eigenvalue weighted by Gasteiger charge is -2.30. The molecule has 142 valence electrons. The number of amides is 1. The summed E-state index contributed by atoms with van der Waals surface area (Å²) in [5, 5.41) is 4.80. The number of carbonyl (C=O) groups excluding carboxylic acids is 1. The summed E-state index contributed by atoms with van der Waals surface area (Å²) in [4.78, 5) is 23.0. The summed E-state index contributed by atoms with van der Waals surface area (Å²) in [5.74, 6) is -1.13. The Hall–Kier alpha value is -2.61. The van der Waals surface area contributed by atoms with Crippen LogP contribution < -0.4 is 5.32 Å². The number of aromatic nitrogens is 2. The zero-order chi connectivity index (χ0) is 19.4. The highest BCUT2D eigenvalue weighted by molar-refractivity contribution is 7.17. The van der Waals surface area contributed by atoms with E-state index in [-0.39, 0.29) is 18.4 Å². The summed E-state index contributed by atoms with van der Waals surface area (Å²) in [6.07, 6.45) is 1.00. The van der Waals surface area contributed by atoms with Crippen LogP contribution in [0.4, 0.5) is 14.7 Å². The zero-order valence-electron chi connectivity index (χ0n) is 15.1. The third-order valence-corrected chi connectivity index (χ3v) is 4.93. The Balaban J connectivity index is 0.00000102. The standard InChI is InChI=1S/C17H14F2N4OS.C2H6/c18-11-6-10(7-12(19)8-11)9-20-17-21-13-2-5-25-15(13)14(22-17)16(24)23-3-1-4-23;1-2/h2,5-8H,1,3-4,9H2,(H,20,21,22);1-2H3. The predicted octanol–water partition coefficient (Wildman–Crippen LogP) is 4.45. The lowest BCUT2D eigenvalue weighted by Crippen LogP contribution is -2.42. The number of likely N-dealkylation sites (tertiary alicyclic amines) is 1. The van der Waals surface area contributed by atoms with Gasteiger partial charge in [-0.05, 0) is 35.6 Å². The molecule has 4 rings (SSSR count). The molecule has 1 aliphatic rings. The highest BCUT2D eigenvalue weighted by atomic mass is 32.1. The van der Waals surface area contributed by atoms with Gasteiger partial charge in [-0.2, -0.15) is 0 Å². The van der Waals surface area contributed by atoms with Crippen molar-refractivity contribution in [2.45, 2.75) is 26.8 Å². The molecule has 1 fully saturated rings. The fourth-order valence-electron chi connectivity index (χ4n) is 2.65. The van der Waals surface area contributed by atoms with E-state index in [0.29, 0.717) is 16.8 Å². The van der Waals surface area contributed by atoms with Gasteiger partial charge < -0.3 is 10.2 Å². The van der Waals surface area contributed by atoms with E-state index in [1.54, 1.807) is 4.90 Å². The number of benzene rings is 1. The Labute approximate surface area is 160 Å². The van der Waals surface area contributed by atoms with E-state index in [0.717, 1.165) is 30.3 Å². The predicted molar refractivity (Wildman–Crippen MR) is 103 cm³/mol. The lowest BCUT2D eigenvalue weighted by atomic mass is 10.2. The SMILES string of the molecule is CC.O=C(c1nc(NCc2cc(F)cc(F)c2)nc2ccsc12)N1CCC1. The van der Waals surface area contributed by atoms with Gasteiger partial charge in [0.25, 0.3) is 5.91 Å². The molecule has 0 aliphatic carbocycles. The molecule has 0 bridgehead atoms. The van der Waals surface area contributed by atoms with E-state index in [4.69, 9.17) is 0 Å². The van der Waals surface area contributed by atoms with Crippen molar-refractivity contribution in [1.29, 1.82) is 0 Å². The molecule has 0 radical (unpaired) electrons. The Morgan fingerprint density at radius 1 is 1.19 bits per heavy atom. The molecule has 3 aromatic rings. The Morgan fingerprint density at radius 2 is 1.89 bits per heavy atom. The van der Waals surface area contributed by atoms with Gasteiger partial charge in [-0.15, -0.1) is 11.3 Å². The Morgan fingerprint density at radius 3 is 2.52 bits per heavy atom. The molecule has 0 atom stereocenters. The number of nitrogens with one attached hydrogen (secondary N) is 1. The molecule has 8 heteroatoms. The number of rotatable bonds is 4. The van der Waals surface area contributed by atoms with Crippen LogP contribution in [-0.2, 0) is 6.54 Å². The number of fused-ring (bicyclic) bond motifs is 1. The number of anilines is 1. The summed E-state index contributed by atoms with van der Waals surface area (Å²) in [5.41, 5.74) is 1.48. The number of nitrogens with zero attached hydrogens (tertiary/aromatic N) is 3. The van der Waals surface area contributed by atoms with E-state index in [9.17, 15) is 13.6 Å². The molecule has 1 aromatic carbocycles. The van der Waals surface area contributed by atoms with Crippen LogP contribution in [0.25, 0.3) is 10.2 Å². The number of thiophene rings is 1. The summed E-state index contributed by atoms with van der Waals surface area (Å²) >= 11 is 1.42. The third-order valence-electron chi connectivity index (χ3n) is 4.02. The van der Waals surface area contributed by atoms with Gasteiger partial charge in [-0.3, -0.25) is 4.79 Å². The minimum Gasteiger partial charge on any atom is -0.350 e. The molecule has 27 heavy (non-hydrogen) atoms. The summed E-state index contributed by atoms with van der Waals surface area (Å²) in [6.45, 7) is 5.63. The van der Waals surface area contributed by atoms with Gasteiger partial charge in [-0.25, -0.2) is 18.7 Å². The van der Waals surface area contributed by atoms with Crippen molar-refractivity contribution in [3.63, 3.8) is 0 Å². The molecule has 1 aliphatic heterocycles. The Kier molecular flexibility index (Phi) is 5.95. The quantitative estimate of drug-likeness (QED) is 0.715. The van der Waals surface area contributed by atoms with Crippen LogP contribution >= 0.6 is 11.3 Å². The summed E-state index contributed by atoms with van der Waals surface area (Å²) in [7, 11) is 0. The van der Waals surface area contributed by atoms with E-state index < -0.39 is 11.6 Å². The summed E-state index contributed by atoms with van der Waals surface area (Å²) in [6, 6.07) is 5.12. The van der Waals surface area contributed by atoms with Crippen LogP contribution in [0, 0.1) is 11.6 Å². The van der Waals surface area contributed by atoms with Gasteiger partial charge >= 0.3 is 0 Å². The first kappa shape index (κ1) is 19.2. The molecule has 5 nitrogen and oxygen atoms in total. The van der Waals surface area contributed by atoms with Crippen LogP contribution in [-0.4, -0.2) is 33.9 Å². The maximum absolute atomic E-state index is 13.3. The molecule has 1 N–H and O–H groups in total. The van der Waals surface area contributed by atoms with Crippen molar-refractivity contribution in [1.82, 2.24) is 14.9 Å². The van der Waals surface area contributed by atoms with Crippen LogP contribution in [0.15, 0.2) is 29.6 Å². The molecular formula is C19H20F2N4OS. The van der Waals surface area contributed by atoms with Crippen molar-refractivity contribution in [2.24, 2.45) is 0 Å². The van der Waals surface area contributed by atoms with Gasteiger partial charge in [0.15, 0.2) is 5.69 Å². The minimum absolute atomic E-state index is 0.110. The van der Waals surface area contributed by atoms with E-state index in [2.05, 4.69) is 15.3 Å². The topological polar surface area (TPSA) is 58.1 Å². The monoisotopic (exact) mass is 390 g/mol. The first-order valence-electron chi connectivity index (χ1n) is 8.83. The van der Waals surface area contributed by atoms with Crippen molar-refractivity contribution in [3.05, 3.63) is 52.5 Å². The summed E-state index contributed by atoms with van der Waals surface area (Å²) < 4.78 is 27.3. The first-order valence-corrected chi connectivity index (χ1v) is 9.71. The number of halogens is 2. The largest absolute Gasteiger partial charge is 0.350 e. The smallest absolute Gasteiger partial charge is 0.274 e. The van der Waals surface area contributed by atoms with Crippen LogP contribution in [0.3, 0.4) is 0 Å². The lowest BCUT2D eigenvalue weighted by molar-refractivity contribution is 0.0648. The number of hydrogen-bond acceptors (Lipinski definition) is 5. The molecule has 0 unspecified atom stereocenters. The normalized spacial score (nSPS) is 13.0. The highest BCUT2D eigenvalue weighted by Crippen LogP contribution is 2.26. The van der Waals surface area contributed by atoms with E-state index >= 15 is 0 Å². The van der Waals surface area contributed by atoms with Gasteiger partial charge in [0.1, 0.15) is 11.6 Å². The molecular weight excluding hydrogens is 370 g/mol. The molecule has 0 spiro atoms. The zero-order valence-corrected chi connectivity index (χ0v) is 15.9. The van der Waals surface area contributed by atoms with Crippen LogP contribution in [0.1, 0.15) is 36.3 Å². The fraction of sp³-hybridized carbons (Fsp3) is 0.316. The minimum atomic E-state index is -0.639. The second kappa shape index (κ2) is 8.39. The average molecular weight is 390 g/mol. The molecule has 1 amide bonds. The first-order chi connectivity index (χ1) is 13.1. The van der Waals surface area contributed by atoms with Gasteiger partial charge in [0, 0.05) is 25.7 Å². The third kappa shape index (κ3) is 4.21. The molecule has 2 aromatic heterocycles. The maximum Gasteiger partial charge on any atom is 0.274 e. The van der Waals surface area contributed by atoms with Gasteiger partial charge in [0.2, 0.25) is 5.95 Å². The molecule has 1 saturated heterocycles. The van der Waals surface area contributed by atoms with Crippen molar-refractivity contribution >= 4 is 33.4 Å². The van der Waals surface area contributed by atoms with Crippen molar-refractivity contribution in [3.8, 4) is 0 Å². The second-order valence-electron chi connectivity index (χ2n) is 5.81. The van der Waals surface area contributed by atoms with Gasteiger partial charge in [-0.1, -0.05) is 13.8 Å².